The van der Waals surface area contributed by atoms with E-state index >= 15 is 0 Å². The van der Waals surface area contributed by atoms with Crippen LogP contribution in [0.4, 0.5) is 5.69 Å². The number of anilines is 1. The number of nitrogens with zero attached hydrogens (tertiary/aromatic N) is 1. The van der Waals surface area contributed by atoms with Gasteiger partial charge in [0, 0.05) is 11.9 Å². The first-order valence-corrected chi connectivity index (χ1v) is 7.64. The highest BCUT2D eigenvalue weighted by molar-refractivity contribution is 9.09. The van der Waals surface area contributed by atoms with Crippen molar-refractivity contribution in [2.75, 3.05) is 16.8 Å². The van der Waals surface area contributed by atoms with Crippen molar-refractivity contribution in [3.05, 3.63) is 28.8 Å². The number of amides is 1. The fraction of sp³-hybridized carbons (Fsp3) is 0.467. The monoisotopic (exact) mass is 321 g/mol. The number of hydrogen-bond acceptors (Lipinski definition) is 2. The smallest absolute Gasteiger partial charge is 0.299 e. The van der Waals surface area contributed by atoms with E-state index in [9.17, 15) is 9.59 Å². The Bertz CT molecular complexity index is 590. The van der Waals surface area contributed by atoms with Crippen LogP contribution in [-0.4, -0.2) is 23.6 Å². The van der Waals surface area contributed by atoms with Gasteiger partial charge in [-0.15, -0.1) is 0 Å². The molecule has 0 saturated heterocycles. The van der Waals surface area contributed by atoms with Gasteiger partial charge in [0.2, 0.25) is 0 Å². The summed E-state index contributed by atoms with van der Waals surface area (Å²) in [6, 6.07) is 3.70. The zero-order valence-corrected chi connectivity index (χ0v) is 12.7. The molecular weight excluding hydrogens is 306 g/mol. The molecule has 1 aromatic carbocycles. The molecule has 0 N–H and O–H groups in total. The lowest BCUT2D eigenvalue weighted by molar-refractivity contribution is -0.114. The maximum absolute atomic E-state index is 12.2. The van der Waals surface area contributed by atoms with Crippen LogP contribution in [0.25, 0.3) is 0 Å². The number of carbonyl (C=O) groups is 2. The quantitative estimate of drug-likeness (QED) is 0.634. The third-order valence-electron chi connectivity index (χ3n) is 4.39. The summed E-state index contributed by atoms with van der Waals surface area (Å²) >= 11 is 3.53. The first-order valence-electron chi connectivity index (χ1n) is 6.51. The summed E-state index contributed by atoms with van der Waals surface area (Å²) in [6.45, 7) is 4.65. The van der Waals surface area contributed by atoms with E-state index in [1.807, 2.05) is 19.9 Å². The number of aryl methyl sites for hydroxylation is 1. The summed E-state index contributed by atoms with van der Waals surface area (Å²) in [5, 5.41) is 0.887. The second-order valence-electron chi connectivity index (χ2n) is 5.76. The van der Waals surface area contributed by atoms with Gasteiger partial charge in [0.1, 0.15) is 0 Å². The van der Waals surface area contributed by atoms with Crippen LogP contribution < -0.4 is 4.90 Å². The van der Waals surface area contributed by atoms with Crippen molar-refractivity contribution >= 4 is 33.3 Å². The summed E-state index contributed by atoms with van der Waals surface area (Å²) in [5.41, 5.74) is 3.74. The number of rotatable bonds is 3. The number of alkyl halides is 1. The minimum atomic E-state index is -0.365. The third kappa shape index (κ3) is 1.84. The maximum Gasteiger partial charge on any atom is 0.299 e. The summed E-state index contributed by atoms with van der Waals surface area (Å²) in [5.74, 6) is -0.723. The molecule has 1 heterocycles. The number of ketones is 1. The zero-order chi connectivity index (χ0) is 13.8. The lowest BCUT2D eigenvalue weighted by Crippen LogP contribution is -2.36. The van der Waals surface area contributed by atoms with Crippen LogP contribution >= 0.6 is 15.9 Å². The molecule has 19 heavy (non-hydrogen) atoms. The summed E-state index contributed by atoms with van der Waals surface area (Å²) < 4.78 is 0. The van der Waals surface area contributed by atoms with Gasteiger partial charge in [-0.1, -0.05) is 22.0 Å². The molecule has 1 aromatic rings. The summed E-state index contributed by atoms with van der Waals surface area (Å²) in [7, 11) is 0. The van der Waals surface area contributed by atoms with Crippen molar-refractivity contribution < 1.29 is 9.59 Å². The molecule has 1 amide bonds. The van der Waals surface area contributed by atoms with Gasteiger partial charge in [0.25, 0.3) is 11.7 Å². The van der Waals surface area contributed by atoms with Gasteiger partial charge in [0.05, 0.1) is 11.3 Å². The third-order valence-corrected chi connectivity index (χ3v) is 5.58. The van der Waals surface area contributed by atoms with Crippen LogP contribution in [0.15, 0.2) is 12.1 Å². The van der Waals surface area contributed by atoms with Crippen molar-refractivity contribution in [3.8, 4) is 0 Å². The number of benzene rings is 1. The highest BCUT2D eigenvalue weighted by Gasteiger charge is 2.47. The van der Waals surface area contributed by atoms with Gasteiger partial charge in [0.15, 0.2) is 0 Å². The molecule has 0 aromatic heterocycles. The van der Waals surface area contributed by atoms with Crippen LogP contribution in [0.2, 0.25) is 0 Å². The maximum atomic E-state index is 12.2. The average molecular weight is 322 g/mol. The summed E-state index contributed by atoms with van der Waals surface area (Å²) in [6.07, 6.45) is 2.24. The molecule has 3 rings (SSSR count). The highest BCUT2D eigenvalue weighted by atomic mass is 79.9. The van der Waals surface area contributed by atoms with Gasteiger partial charge in [-0.2, -0.15) is 0 Å². The molecule has 3 nitrogen and oxygen atoms in total. The van der Waals surface area contributed by atoms with Crippen LogP contribution in [0.5, 0.6) is 0 Å². The summed E-state index contributed by atoms with van der Waals surface area (Å²) in [4.78, 5) is 26.0. The molecule has 100 valence electrons. The molecule has 4 heteroatoms. The van der Waals surface area contributed by atoms with E-state index in [-0.39, 0.29) is 17.1 Å². The van der Waals surface area contributed by atoms with Crippen molar-refractivity contribution in [2.45, 2.75) is 26.7 Å². The molecule has 2 aliphatic rings. The zero-order valence-electron chi connectivity index (χ0n) is 11.1. The predicted octanol–water partition coefficient (Wildman–Crippen LogP) is 3.01. The number of Topliss-reactive ketones (excluding diaryl/α,β-unsaturated/α-hetero) is 1. The Labute approximate surface area is 121 Å². The van der Waals surface area contributed by atoms with E-state index in [4.69, 9.17) is 0 Å². The average Bonchev–Trinajstić information content (AvgIpc) is 3.14. The first-order chi connectivity index (χ1) is 8.99. The van der Waals surface area contributed by atoms with E-state index in [2.05, 4.69) is 15.9 Å². The van der Waals surface area contributed by atoms with E-state index in [1.54, 1.807) is 11.0 Å². The molecule has 0 unspecified atom stereocenters. The number of fused-ring (bicyclic) bond motifs is 1. The molecule has 0 radical (unpaired) electrons. The standard InChI is InChI=1S/C15H16BrNO2/c1-9-3-4-11-12(10(9)2)17(14(19)13(11)18)8-15(7-16)5-6-15/h3-4H,5-8H2,1-2H3. The van der Waals surface area contributed by atoms with Crippen molar-refractivity contribution in [1.29, 1.82) is 0 Å². The van der Waals surface area contributed by atoms with Gasteiger partial charge in [-0.3, -0.25) is 9.59 Å². The SMILES string of the molecule is Cc1ccc2c(c1C)N(CC1(CBr)CC1)C(=O)C2=O. The van der Waals surface area contributed by atoms with Crippen LogP contribution in [0.3, 0.4) is 0 Å². The van der Waals surface area contributed by atoms with Crippen molar-refractivity contribution in [3.63, 3.8) is 0 Å². The Morgan fingerprint density at radius 3 is 2.53 bits per heavy atom. The Hall–Kier alpha value is -1.16. The minimum Gasteiger partial charge on any atom is -0.304 e. The van der Waals surface area contributed by atoms with Gasteiger partial charge >= 0.3 is 0 Å². The lowest BCUT2D eigenvalue weighted by atomic mass is 10.0. The topological polar surface area (TPSA) is 37.4 Å². The first kappa shape index (κ1) is 12.9. The van der Waals surface area contributed by atoms with E-state index in [0.717, 1.165) is 35.0 Å². The molecule has 0 bridgehead atoms. The fourth-order valence-electron chi connectivity index (χ4n) is 2.67. The van der Waals surface area contributed by atoms with Crippen LogP contribution in [0.1, 0.15) is 34.3 Å². The Morgan fingerprint density at radius 1 is 1.26 bits per heavy atom. The van der Waals surface area contributed by atoms with Crippen LogP contribution in [0, 0.1) is 19.3 Å². The molecule has 1 saturated carbocycles. The lowest BCUT2D eigenvalue weighted by Gasteiger charge is -2.24. The second kappa shape index (κ2) is 4.17. The number of hydrogen-bond donors (Lipinski definition) is 0. The van der Waals surface area contributed by atoms with Crippen molar-refractivity contribution in [1.82, 2.24) is 0 Å². The molecule has 1 fully saturated rings. The Kier molecular flexibility index (Phi) is 2.82. The second-order valence-corrected chi connectivity index (χ2v) is 6.32. The van der Waals surface area contributed by atoms with Gasteiger partial charge in [-0.05, 0) is 49.3 Å². The molecule has 0 spiro atoms. The largest absolute Gasteiger partial charge is 0.304 e. The van der Waals surface area contributed by atoms with E-state index < -0.39 is 0 Å². The Balaban J connectivity index is 2.06. The Morgan fingerprint density at radius 2 is 1.95 bits per heavy atom. The molecule has 0 atom stereocenters. The predicted molar refractivity (Wildman–Crippen MR) is 78.1 cm³/mol. The van der Waals surface area contributed by atoms with Crippen molar-refractivity contribution in [2.24, 2.45) is 5.41 Å². The molecule has 1 aliphatic carbocycles. The minimum absolute atomic E-state index is 0.174. The van der Waals surface area contributed by atoms with E-state index in [1.165, 1.54) is 0 Å². The number of halogens is 1. The van der Waals surface area contributed by atoms with E-state index in [0.29, 0.717) is 12.1 Å². The highest BCUT2D eigenvalue weighted by Crippen LogP contribution is 2.49. The van der Waals surface area contributed by atoms with Crippen LogP contribution in [-0.2, 0) is 4.79 Å². The number of carbonyl (C=O) groups excluding carboxylic acids is 2. The van der Waals surface area contributed by atoms with Gasteiger partial charge < -0.3 is 4.90 Å². The molecule has 1 aliphatic heterocycles. The molecular formula is C15H16BrNO2. The normalized spacial score (nSPS) is 19.8. The van der Waals surface area contributed by atoms with Gasteiger partial charge in [-0.25, -0.2) is 0 Å². The fourth-order valence-corrected chi connectivity index (χ4v) is 3.41.